The van der Waals surface area contributed by atoms with Gasteiger partial charge < -0.3 is 10.0 Å². The molecule has 1 fully saturated rings. The molecule has 1 saturated heterocycles. The third-order valence-electron chi connectivity index (χ3n) is 5.41. The highest BCUT2D eigenvalue weighted by Crippen LogP contribution is 2.41. The predicted octanol–water partition coefficient (Wildman–Crippen LogP) is 2.57. The highest BCUT2D eigenvalue weighted by Gasteiger charge is 2.51. The fourth-order valence-corrected chi connectivity index (χ4v) is 3.96. The summed E-state index contributed by atoms with van der Waals surface area (Å²) in [5.41, 5.74) is 3.70. The Hall–Kier alpha value is -3.56. The molecule has 1 aliphatic heterocycles. The minimum atomic E-state index is -0.589. The minimum Gasteiger partial charge on any atom is -0.394 e. The van der Waals surface area contributed by atoms with Crippen molar-refractivity contribution < 1.29 is 9.90 Å². The Labute approximate surface area is 169 Å². The summed E-state index contributed by atoms with van der Waals surface area (Å²) in [6, 6.07) is 18.5. The van der Waals surface area contributed by atoms with Crippen molar-refractivity contribution in [2.24, 2.45) is 0 Å². The van der Waals surface area contributed by atoms with Crippen LogP contribution in [0.4, 0.5) is 0 Å². The molecule has 6 nitrogen and oxygen atoms in total. The van der Waals surface area contributed by atoms with Crippen molar-refractivity contribution in [3.05, 3.63) is 84.4 Å². The van der Waals surface area contributed by atoms with Gasteiger partial charge in [0.2, 0.25) is 5.91 Å². The van der Waals surface area contributed by atoms with Crippen molar-refractivity contribution in [2.45, 2.75) is 24.4 Å². The molecule has 1 amide bonds. The predicted molar refractivity (Wildman–Crippen MR) is 107 cm³/mol. The van der Waals surface area contributed by atoms with Gasteiger partial charge in [-0.2, -0.15) is 5.26 Å². The van der Waals surface area contributed by atoms with E-state index < -0.39 is 12.1 Å². The van der Waals surface area contributed by atoms with E-state index in [4.69, 9.17) is 0 Å². The van der Waals surface area contributed by atoms with Gasteiger partial charge in [-0.25, -0.2) is 9.97 Å². The van der Waals surface area contributed by atoms with Crippen molar-refractivity contribution in [3.63, 3.8) is 0 Å². The van der Waals surface area contributed by atoms with Crippen LogP contribution in [0.25, 0.3) is 11.1 Å². The Morgan fingerprint density at radius 2 is 1.72 bits per heavy atom. The van der Waals surface area contributed by atoms with Gasteiger partial charge in [-0.15, -0.1) is 0 Å². The number of nitriles is 1. The number of carbonyl (C=O) groups is 1. The van der Waals surface area contributed by atoms with E-state index in [1.165, 1.54) is 11.2 Å². The van der Waals surface area contributed by atoms with E-state index in [0.717, 1.165) is 22.3 Å². The second kappa shape index (κ2) is 8.21. The number of nitrogens with zero attached hydrogens (tertiary/aromatic N) is 4. The van der Waals surface area contributed by atoms with Gasteiger partial charge in [-0.1, -0.05) is 54.6 Å². The smallest absolute Gasteiger partial charge is 0.228 e. The van der Waals surface area contributed by atoms with E-state index in [-0.39, 0.29) is 24.9 Å². The summed E-state index contributed by atoms with van der Waals surface area (Å²) in [5.74, 6) is -0.359. The number of hydrogen-bond acceptors (Lipinski definition) is 5. The molecular weight excluding hydrogens is 364 g/mol. The molecule has 2 heterocycles. The van der Waals surface area contributed by atoms with E-state index in [0.29, 0.717) is 0 Å². The van der Waals surface area contributed by atoms with Crippen LogP contribution in [0.2, 0.25) is 0 Å². The number of rotatable bonds is 5. The minimum absolute atomic E-state index is 0.142. The van der Waals surface area contributed by atoms with Crippen molar-refractivity contribution in [1.82, 2.24) is 14.9 Å². The van der Waals surface area contributed by atoms with Gasteiger partial charge in [0.1, 0.15) is 12.4 Å². The molecule has 0 bridgehead atoms. The monoisotopic (exact) mass is 384 g/mol. The van der Waals surface area contributed by atoms with Crippen molar-refractivity contribution in [3.8, 4) is 17.2 Å². The number of hydrogen-bond donors (Lipinski definition) is 1. The molecule has 0 aliphatic carbocycles. The van der Waals surface area contributed by atoms with E-state index in [1.54, 1.807) is 12.4 Å². The summed E-state index contributed by atoms with van der Waals surface area (Å²) in [6.07, 6.45) is 5.18. The standard InChI is InChI=1S/C23H20N4O2/c24-11-20-23(18-8-6-17(7-9-18)19-12-25-15-26-13-19)21(14-28)27(20)22(29)10-16-4-2-1-3-5-16/h1-9,12-13,15,20-21,23,28H,10,14H2/t20-,21+,23-/m1/s1. The van der Waals surface area contributed by atoms with Crippen molar-refractivity contribution >= 4 is 5.91 Å². The van der Waals surface area contributed by atoms with Crippen LogP contribution < -0.4 is 0 Å². The number of benzene rings is 2. The molecule has 29 heavy (non-hydrogen) atoms. The molecule has 6 heteroatoms. The van der Waals surface area contributed by atoms with Gasteiger partial charge in [0.15, 0.2) is 0 Å². The zero-order chi connectivity index (χ0) is 20.2. The molecule has 1 aliphatic rings. The molecule has 3 aromatic rings. The van der Waals surface area contributed by atoms with E-state index in [9.17, 15) is 15.2 Å². The van der Waals surface area contributed by atoms with Gasteiger partial charge in [0, 0.05) is 23.9 Å². The third-order valence-corrected chi connectivity index (χ3v) is 5.41. The van der Waals surface area contributed by atoms with E-state index >= 15 is 0 Å². The van der Waals surface area contributed by atoms with Crippen LogP contribution in [0.5, 0.6) is 0 Å². The first kappa shape index (κ1) is 18.8. The second-order valence-electron chi connectivity index (χ2n) is 7.06. The first-order chi connectivity index (χ1) is 14.2. The fourth-order valence-electron chi connectivity index (χ4n) is 3.96. The van der Waals surface area contributed by atoms with Crippen molar-refractivity contribution in [2.75, 3.05) is 6.61 Å². The molecule has 3 atom stereocenters. The lowest BCUT2D eigenvalue weighted by Crippen LogP contribution is -2.65. The van der Waals surface area contributed by atoms with Crippen LogP contribution in [-0.2, 0) is 11.2 Å². The zero-order valence-corrected chi connectivity index (χ0v) is 15.7. The van der Waals surface area contributed by atoms with Crippen molar-refractivity contribution in [1.29, 1.82) is 5.26 Å². The van der Waals surface area contributed by atoms with Crippen LogP contribution in [0, 0.1) is 11.3 Å². The van der Waals surface area contributed by atoms with Crippen LogP contribution >= 0.6 is 0 Å². The molecule has 1 N–H and O–H groups in total. The lowest BCUT2D eigenvalue weighted by Gasteiger charge is -2.51. The Morgan fingerprint density at radius 3 is 2.34 bits per heavy atom. The number of carbonyl (C=O) groups excluding carboxylic acids is 1. The van der Waals surface area contributed by atoms with Gasteiger partial charge >= 0.3 is 0 Å². The quantitative estimate of drug-likeness (QED) is 0.730. The number of aromatic nitrogens is 2. The Bertz CT molecular complexity index is 1020. The fraction of sp³-hybridized carbons (Fsp3) is 0.217. The average Bonchev–Trinajstić information content (AvgIpc) is 2.75. The first-order valence-corrected chi connectivity index (χ1v) is 9.44. The maximum atomic E-state index is 12.8. The highest BCUT2D eigenvalue weighted by molar-refractivity contribution is 5.81. The summed E-state index contributed by atoms with van der Waals surface area (Å²) >= 11 is 0. The van der Waals surface area contributed by atoms with E-state index in [1.807, 2.05) is 54.6 Å². The molecule has 0 saturated carbocycles. The Kier molecular flexibility index (Phi) is 5.32. The van der Waals surface area contributed by atoms with Gasteiger partial charge in [0.25, 0.3) is 0 Å². The molecule has 0 unspecified atom stereocenters. The van der Waals surface area contributed by atoms with E-state index in [2.05, 4.69) is 16.0 Å². The molecule has 144 valence electrons. The first-order valence-electron chi connectivity index (χ1n) is 9.44. The van der Waals surface area contributed by atoms with Gasteiger partial charge in [-0.3, -0.25) is 4.79 Å². The molecular formula is C23H20N4O2. The van der Waals surface area contributed by atoms with Crippen LogP contribution in [0.3, 0.4) is 0 Å². The summed E-state index contributed by atoms with van der Waals surface area (Å²) < 4.78 is 0. The highest BCUT2D eigenvalue weighted by atomic mass is 16.3. The van der Waals surface area contributed by atoms with Crippen LogP contribution in [0.1, 0.15) is 17.0 Å². The van der Waals surface area contributed by atoms with Gasteiger partial charge in [-0.05, 0) is 16.7 Å². The second-order valence-corrected chi connectivity index (χ2v) is 7.06. The molecule has 0 spiro atoms. The number of aliphatic hydroxyl groups is 1. The van der Waals surface area contributed by atoms with Gasteiger partial charge in [0.05, 0.1) is 25.1 Å². The Morgan fingerprint density at radius 1 is 1.03 bits per heavy atom. The third kappa shape index (κ3) is 3.60. The number of aliphatic hydroxyl groups excluding tert-OH is 1. The lowest BCUT2D eigenvalue weighted by atomic mass is 9.75. The molecule has 4 rings (SSSR count). The number of likely N-dealkylation sites (tertiary alicyclic amines) is 1. The molecule has 2 aromatic carbocycles. The topological polar surface area (TPSA) is 90.1 Å². The number of amides is 1. The zero-order valence-electron chi connectivity index (χ0n) is 15.7. The molecule has 0 radical (unpaired) electrons. The molecule has 1 aromatic heterocycles. The average molecular weight is 384 g/mol. The summed E-state index contributed by atoms with van der Waals surface area (Å²) in [7, 11) is 0. The SMILES string of the molecule is N#C[C@@H]1[C@@H](c2ccc(-c3cncnc3)cc2)[C@H](CO)N1C(=O)Cc1ccccc1. The summed E-state index contributed by atoms with van der Waals surface area (Å²) in [4.78, 5) is 22.4. The maximum Gasteiger partial charge on any atom is 0.228 e. The summed E-state index contributed by atoms with van der Waals surface area (Å²) in [6.45, 7) is -0.183. The summed E-state index contributed by atoms with van der Waals surface area (Å²) in [5, 5.41) is 19.6. The maximum absolute atomic E-state index is 12.8. The van der Waals surface area contributed by atoms with Crippen LogP contribution in [0.15, 0.2) is 73.3 Å². The largest absolute Gasteiger partial charge is 0.394 e. The normalized spacial score (nSPS) is 20.6. The lowest BCUT2D eigenvalue weighted by molar-refractivity contribution is -0.146. The van der Waals surface area contributed by atoms with Crippen LogP contribution in [-0.4, -0.2) is 44.6 Å². The Balaban J connectivity index is 1.54.